The van der Waals surface area contributed by atoms with Crippen molar-refractivity contribution in [3.8, 4) is 0 Å². The molecule has 1 aromatic rings. The van der Waals surface area contributed by atoms with Crippen LogP contribution < -0.4 is 0 Å². The number of piperidine rings is 1. The van der Waals surface area contributed by atoms with Crippen LogP contribution in [0.25, 0.3) is 0 Å². The second-order valence-electron chi connectivity index (χ2n) is 5.61. The molecule has 0 aromatic carbocycles. The second kappa shape index (κ2) is 5.64. The molecule has 21 heavy (non-hydrogen) atoms. The molecule has 1 saturated heterocycles. The van der Waals surface area contributed by atoms with Crippen LogP contribution in [0, 0.1) is 5.92 Å². The molecule has 1 fully saturated rings. The molecule has 5 nitrogen and oxygen atoms in total. The topological polar surface area (TPSA) is 59.5 Å². The first-order valence-corrected chi connectivity index (χ1v) is 7.51. The van der Waals surface area contributed by atoms with Crippen molar-refractivity contribution in [2.24, 2.45) is 5.92 Å². The lowest BCUT2D eigenvalue weighted by atomic mass is 9.91. The van der Waals surface area contributed by atoms with Gasteiger partial charge in [-0.15, -0.1) is 0 Å². The van der Waals surface area contributed by atoms with Crippen LogP contribution >= 0.6 is 11.6 Å². The van der Waals surface area contributed by atoms with Crippen LogP contribution in [0.1, 0.15) is 35.2 Å². The number of aryl methyl sites for hydroxylation is 1. The van der Waals surface area contributed by atoms with E-state index in [2.05, 4.69) is 4.98 Å². The van der Waals surface area contributed by atoms with Crippen LogP contribution in [-0.2, 0) is 16.0 Å². The minimum Gasteiger partial charge on any atom is -0.469 e. The van der Waals surface area contributed by atoms with Crippen molar-refractivity contribution < 1.29 is 14.3 Å². The molecular weight excluding hydrogens is 292 g/mol. The van der Waals surface area contributed by atoms with Gasteiger partial charge in [0.25, 0.3) is 5.91 Å². The Kier molecular flexibility index (Phi) is 3.85. The summed E-state index contributed by atoms with van der Waals surface area (Å²) in [6.07, 6.45) is 4.86. The molecule has 0 radical (unpaired) electrons. The lowest BCUT2D eigenvalue weighted by molar-refractivity contribution is -0.147. The van der Waals surface area contributed by atoms with Crippen LogP contribution in [0.2, 0.25) is 5.15 Å². The molecular formula is C15H17ClN2O3. The summed E-state index contributed by atoms with van der Waals surface area (Å²) in [7, 11) is 1.39. The molecule has 3 heterocycles. The number of ether oxygens (including phenoxy) is 1. The quantitative estimate of drug-likeness (QED) is 0.589. The average molecular weight is 309 g/mol. The second-order valence-corrected chi connectivity index (χ2v) is 6.00. The molecule has 0 unspecified atom stereocenters. The molecule has 0 saturated carbocycles. The Bertz CT molecular complexity index is 590. The number of hydrogen-bond acceptors (Lipinski definition) is 4. The highest BCUT2D eigenvalue weighted by Crippen LogP contribution is 2.31. The molecule has 1 amide bonds. The summed E-state index contributed by atoms with van der Waals surface area (Å²) in [5.74, 6) is -0.512. The van der Waals surface area contributed by atoms with Gasteiger partial charge in [0.05, 0.1) is 18.6 Å². The van der Waals surface area contributed by atoms with Crippen molar-refractivity contribution in [2.75, 3.05) is 13.7 Å². The van der Waals surface area contributed by atoms with E-state index in [1.54, 1.807) is 12.3 Å². The largest absolute Gasteiger partial charge is 0.469 e. The number of amides is 1. The van der Waals surface area contributed by atoms with E-state index in [0.717, 1.165) is 31.2 Å². The van der Waals surface area contributed by atoms with Crippen LogP contribution in [0.4, 0.5) is 0 Å². The van der Waals surface area contributed by atoms with E-state index in [1.807, 2.05) is 4.90 Å². The van der Waals surface area contributed by atoms with Crippen molar-refractivity contribution in [1.29, 1.82) is 0 Å². The Hall–Kier alpha value is -1.62. The summed E-state index contributed by atoms with van der Waals surface area (Å²) in [5.41, 5.74) is 1.55. The monoisotopic (exact) mass is 308 g/mol. The fourth-order valence-corrected chi connectivity index (χ4v) is 3.46. The van der Waals surface area contributed by atoms with Gasteiger partial charge in [-0.1, -0.05) is 11.6 Å². The number of pyridine rings is 1. The number of carbonyl (C=O) groups excluding carboxylic acids is 2. The molecule has 0 bridgehead atoms. The zero-order valence-corrected chi connectivity index (χ0v) is 12.6. The fraction of sp³-hybridized carbons (Fsp3) is 0.533. The first kappa shape index (κ1) is 14.3. The standard InChI is InChI=1S/C15H17ClN2O3/c1-21-15(20)10-3-5-11-4-2-9-6-13(16)17-7-12(9)14(19)18(11)8-10/h6-7,10-11H,2-5,8H2,1H3/t10-,11-/m0/s1. The predicted octanol–water partition coefficient (Wildman–Crippen LogP) is 2.07. The van der Waals surface area contributed by atoms with Crippen LogP contribution in [0.3, 0.4) is 0 Å². The Morgan fingerprint density at radius 1 is 1.43 bits per heavy atom. The lowest BCUT2D eigenvalue weighted by Gasteiger charge is -2.37. The highest BCUT2D eigenvalue weighted by atomic mass is 35.5. The number of nitrogens with zero attached hydrogens (tertiary/aromatic N) is 2. The van der Waals surface area contributed by atoms with Gasteiger partial charge in [-0.25, -0.2) is 4.98 Å². The summed E-state index contributed by atoms with van der Waals surface area (Å²) in [6, 6.07) is 1.95. The first-order valence-electron chi connectivity index (χ1n) is 7.13. The van der Waals surface area contributed by atoms with Gasteiger partial charge < -0.3 is 9.64 Å². The third-order valence-corrected chi connectivity index (χ3v) is 4.64. The molecule has 1 aromatic heterocycles. The highest BCUT2D eigenvalue weighted by Gasteiger charge is 2.37. The number of carbonyl (C=O) groups is 2. The molecule has 2 aliphatic rings. The maximum absolute atomic E-state index is 12.7. The van der Waals surface area contributed by atoms with Crippen LogP contribution in [0.5, 0.6) is 0 Å². The van der Waals surface area contributed by atoms with Gasteiger partial charge in [0.15, 0.2) is 0 Å². The van der Waals surface area contributed by atoms with E-state index in [4.69, 9.17) is 16.3 Å². The number of esters is 1. The first-order chi connectivity index (χ1) is 10.1. The highest BCUT2D eigenvalue weighted by molar-refractivity contribution is 6.29. The Balaban J connectivity index is 1.89. The van der Waals surface area contributed by atoms with Crippen molar-refractivity contribution in [2.45, 2.75) is 31.7 Å². The summed E-state index contributed by atoms with van der Waals surface area (Å²) >= 11 is 5.92. The number of halogens is 1. The van der Waals surface area contributed by atoms with Crippen LogP contribution in [-0.4, -0.2) is 41.5 Å². The minimum atomic E-state index is -0.236. The smallest absolute Gasteiger partial charge is 0.310 e. The number of aromatic nitrogens is 1. The van der Waals surface area contributed by atoms with E-state index in [9.17, 15) is 9.59 Å². The normalized spacial score (nSPS) is 24.9. The Morgan fingerprint density at radius 2 is 2.24 bits per heavy atom. The van der Waals surface area contributed by atoms with E-state index in [1.165, 1.54) is 7.11 Å². The maximum atomic E-state index is 12.7. The van der Waals surface area contributed by atoms with Crippen molar-refractivity contribution in [1.82, 2.24) is 9.88 Å². The Morgan fingerprint density at radius 3 is 3.00 bits per heavy atom. The van der Waals surface area contributed by atoms with E-state index >= 15 is 0 Å². The summed E-state index contributed by atoms with van der Waals surface area (Å²) < 4.78 is 4.81. The molecule has 2 aliphatic heterocycles. The molecule has 0 aliphatic carbocycles. The number of rotatable bonds is 1. The molecule has 2 atom stereocenters. The maximum Gasteiger partial charge on any atom is 0.310 e. The summed E-state index contributed by atoms with van der Waals surface area (Å²) in [5, 5.41) is 0.411. The van der Waals surface area contributed by atoms with Crippen molar-refractivity contribution in [3.63, 3.8) is 0 Å². The van der Waals surface area contributed by atoms with E-state index in [-0.39, 0.29) is 23.8 Å². The van der Waals surface area contributed by atoms with Gasteiger partial charge in [-0.3, -0.25) is 9.59 Å². The van der Waals surface area contributed by atoms with Gasteiger partial charge >= 0.3 is 5.97 Å². The molecule has 3 rings (SSSR count). The van der Waals surface area contributed by atoms with E-state index < -0.39 is 0 Å². The Labute approximate surface area is 128 Å². The number of hydrogen-bond donors (Lipinski definition) is 0. The molecule has 6 heteroatoms. The van der Waals surface area contributed by atoms with Gasteiger partial charge in [0, 0.05) is 18.8 Å². The van der Waals surface area contributed by atoms with Gasteiger partial charge in [-0.2, -0.15) is 0 Å². The molecule has 112 valence electrons. The molecule has 0 N–H and O–H groups in total. The zero-order valence-electron chi connectivity index (χ0n) is 11.8. The van der Waals surface area contributed by atoms with Crippen molar-refractivity contribution in [3.05, 3.63) is 28.5 Å². The van der Waals surface area contributed by atoms with Crippen LogP contribution in [0.15, 0.2) is 12.3 Å². The summed E-state index contributed by atoms with van der Waals surface area (Å²) in [6.45, 7) is 0.429. The average Bonchev–Trinajstić information content (AvgIpc) is 2.63. The van der Waals surface area contributed by atoms with Crippen molar-refractivity contribution >= 4 is 23.5 Å². The third kappa shape index (κ3) is 2.62. The van der Waals surface area contributed by atoms with Gasteiger partial charge in [0.1, 0.15) is 5.15 Å². The van der Waals surface area contributed by atoms with E-state index in [0.29, 0.717) is 17.3 Å². The third-order valence-electron chi connectivity index (χ3n) is 4.44. The summed E-state index contributed by atoms with van der Waals surface area (Å²) in [4.78, 5) is 30.3. The predicted molar refractivity (Wildman–Crippen MR) is 77.1 cm³/mol. The van der Waals surface area contributed by atoms with Gasteiger partial charge in [-0.05, 0) is 37.3 Å². The number of methoxy groups -OCH3 is 1. The minimum absolute atomic E-state index is 0.0507. The molecule has 0 spiro atoms. The number of fused-ring (bicyclic) bond motifs is 2. The fourth-order valence-electron chi connectivity index (χ4n) is 3.28. The van der Waals surface area contributed by atoms with Gasteiger partial charge in [0.2, 0.25) is 0 Å². The lowest BCUT2D eigenvalue weighted by Crippen LogP contribution is -2.48. The zero-order chi connectivity index (χ0) is 15.0. The SMILES string of the molecule is COC(=O)[C@H]1CC[C@@H]2CCc3cc(Cl)ncc3C(=O)N2C1.